The second kappa shape index (κ2) is 7.63. The van der Waals surface area contributed by atoms with Gasteiger partial charge in [-0.15, -0.1) is 0 Å². The molecule has 1 atom stereocenters. The van der Waals surface area contributed by atoms with E-state index >= 15 is 0 Å². The molecule has 0 bridgehead atoms. The van der Waals surface area contributed by atoms with Crippen molar-refractivity contribution < 1.29 is 9.18 Å². The van der Waals surface area contributed by atoms with Gasteiger partial charge in [-0.05, 0) is 43.4 Å². The SMILES string of the molecule is Cn1nc2n(c1=O)CCC(NC(=O)CCCc1ccc(F)cc1)CC2. The van der Waals surface area contributed by atoms with Crippen LogP contribution < -0.4 is 11.0 Å². The number of hydrogen-bond acceptors (Lipinski definition) is 3. The summed E-state index contributed by atoms with van der Waals surface area (Å²) in [7, 11) is 1.66. The van der Waals surface area contributed by atoms with Crippen LogP contribution >= 0.6 is 0 Å². The van der Waals surface area contributed by atoms with Gasteiger partial charge in [-0.2, -0.15) is 5.10 Å². The van der Waals surface area contributed by atoms with Crippen LogP contribution in [0.5, 0.6) is 0 Å². The highest BCUT2D eigenvalue weighted by Gasteiger charge is 2.21. The van der Waals surface area contributed by atoms with Gasteiger partial charge >= 0.3 is 5.69 Å². The van der Waals surface area contributed by atoms with Crippen molar-refractivity contribution in [3.63, 3.8) is 0 Å². The Morgan fingerprint density at radius 3 is 2.84 bits per heavy atom. The van der Waals surface area contributed by atoms with E-state index in [0.29, 0.717) is 19.4 Å². The minimum atomic E-state index is -0.246. The molecule has 1 N–H and O–H groups in total. The van der Waals surface area contributed by atoms with Crippen molar-refractivity contribution in [2.75, 3.05) is 0 Å². The monoisotopic (exact) mass is 346 g/mol. The highest BCUT2D eigenvalue weighted by molar-refractivity contribution is 5.76. The molecule has 25 heavy (non-hydrogen) atoms. The Labute approximate surface area is 145 Å². The molecule has 3 rings (SSSR count). The van der Waals surface area contributed by atoms with E-state index in [9.17, 15) is 14.0 Å². The van der Waals surface area contributed by atoms with Gasteiger partial charge in [0.15, 0.2) is 0 Å². The number of nitrogens with one attached hydrogen (secondary N) is 1. The number of benzene rings is 1. The molecule has 1 amide bonds. The molecular formula is C18H23FN4O2. The largest absolute Gasteiger partial charge is 0.353 e. The van der Waals surface area contributed by atoms with Crippen LogP contribution in [-0.4, -0.2) is 26.3 Å². The van der Waals surface area contributed by atoms with Gasteiger partial charge in [0.2, 0.25) is 5.91 Å². The molecule has 0 saturated carbocycles. The van der Waals surface area contributed by atoms with Crippen LogP contribution in [0.4, 0.5) is 4.39 Å². The molecule has 6 nitrogen and oxygen atoms in total. The first-order valence-electron chi connectivity index (χ1n) is 8.69. The molecule has 1 aromatic heterocycles. The Kier molecular flexibility index (Phi) is 5.31. The summed E-state index contributed by atoms with van der Waals surface area (Å²) >= 11 is 0. The van der Waals surface area contributed by atoms with Crippen molar-refractivity contribution in [1.29, 1.82) is 0 Å². The van der Waals surface area contributed by atoms with Crippen molar-refractivity contribution in [1.82, 2.24) is 19.7 Å². The fraction of sp³-hybridized carbons (Fsp3) is 0.500. The minimum absolute atomic E-state index is 0.0274. The van der Waals surface area contributed by atoms with E-state index in [1.54, 1.807) is 23.7 Å². The van der Waals surface area contributed by atoms with Gasteiger partial charge < -0.3 is 5.32 Å². The van der Waals surface area contributed by atoms with Gasteiger partial charge in [-0.25, -0.2) is 13.9 Å². The lowest BCUT2D eigenvalue weighted by Crippen LogP contribution is -2.35. The number of fused-ring (bicyclic) bond motifs is 1. The van der Waals surface area contributed by atoms with Crippen LogP contribution in [-0.2, 0) is 31.2 Å². The third-order valence-corrected chi connectivity index (χ3v) is 4.65. The third-order valence-electron chi connectivity index (χ3n) is 4.65. The number of rotatable bonds is 5. The highest BCUT2D eigenvalue weighted by Crippen LogP contribution is 2.12. The van der Waals surface area contributed by atoms with Gasteiger partial charge in [0.25, 0.3) is 0 Å². The van der Waals surface area contributed by atoms with Gasteiger partial charge in [0.05, 0.1) is 0 Å². The molecule has 1 aromatic carbocycles. The Morgan fingerprint density at radius 2 is 2.08 bits per heavy atom. The Morgan fingerprint density at radius 1 is 1.32 bits per heavy atom. The summed E-state index contributed by atoms with van der Waals surface area (Å²) in [5, 5.41) is 7.31. The Bertz CT molecular complexity index is 794. The standard InChI is InChI=1S/C18H23FN4O2/c1-22-18(25)23-12-11-15(9-10-16(23)21-22)20-17(24)4-2-3-13-5-7-14(19)8-6-13/h5-8,15H,2-4,9-12H2,1H3,(H,20,24). The molecule has 1 aliphatic rings. The molecule has 0 spiro atoms. The van der Waals surface area contributed by atoms with Crippen molar-refractivity contribution >= 4 is 5.91 Å². The number of nitrogens with zero attached hydrogens (tertiary/aromatic N) is 3. The highest BCUT2D eigenvalue weighted by atomic mass is 19.1. The number of amides is 1. The smallest absolute Gasteiger partial charge is 0.345 e. The average molecular weight is 346 g/mol. The van der Waals surface area contributed by atoms with E-state index in [0.717, 1.165) is 37.1 Å². The lowest BCUT2D eigenvalue weighted by Gasteiger charge is -2.16. The van der Waals surface area contributed by atoms with E-state index in [4.69, 9.17) is 0 Å². The van der Waals surface area contributed by atoms with E-state index in [2.05, 4.69) is 10.4 Å². The van der Waals surface area contributed by atoms with E-state index < -0.39 is 0 Å². The predicted molar refractivity (Wildman–Crippen MR) is 91.7 cm³/mol. The van der Waals surface area contributed by atoms with Crippen LogP contribution in [0.3, 0.4) is 0 Å². The molecule has 2 heterocycles. The molecule has 2 aromatic rings. The molecule has 1 aliphatic heterocycles. The van der Waals surface area contributed by atoms with Crippen molar-refractivity contribution in [2.24, 2.45) is 7.05 Å². The molecule has 134 valence electrons. The summed E-state index contributed by atoms with van der Waals surface area (Å²) in [6.07, 6.45) is 4.15. The zero-order chi connectivity index (χ0) is 17.8. The maximum atomic E-state index is 12.9. The van der Waals surface area contributed by atoms with Crippen LogP contribution in [0.1, 0.15) is 37.1 Å². The fourth-order valence-electron chi connectivity index (χ4n) is 3.25. The fourth-order valence-corrected chi connectivity index (χ4v) is 3.25. The molecule has 1 unspecified atom stereocenters. The van der Waals surface area contributed by atoms with Gasteiger partial charge in [-0.3, -0.25) is 9.36 Å². The van der Waals surface area contributed by atoms with Crippen LogP contribution in [0.2, 0.25) is 0 Å². The second-order valence-electron chi connectivity index (χ2n) is 6.55. The van der Waals surface area contributed by atoms with Crippen molar-refractivity contribution in [3.8, 4) is 0 Å². The maximum absolute atomic E-state index is 12.9. The number of aryl methyl sites for hydroxylation is 3. The second-order valence-corrected chi connectivity index (χ2v) is 6.55. The predicted octanol–water partition coefficient (Wildman–Crippen LogP) is 1.56. The zero-order valence-electron chi connectivity index (χ0n) is 14.4. The summed E-state index contributed by atoms with van der Waals surface area (Å²) in [5.74, 6) is 0.574. The van der Waals surface area contributed by atoms with E-state index in [1.165, 1.54) is 16.8 Å². The first-order valence-corrected chi connectivity index (χ1v) is 8.69. The number of hydrogen-bond donors (Lipinski definition) is 1. The Balaban J connectivity index is 1.44. The lowest BCUT2D eigenvalue weighted by molar-refractivity contribution is -0.122. The van der Waals surface area contributed by atoms with Crippen LogP contribution in [0.15, 0.2) is 29.1 Å². The molecule has 0 saturated heterocycles. The quantitative estimate of drug-likeness (QED) is 0.893. The van der Waals surface area contributed by atoms with Gasteiger partial charge in [-0.1, -0.05) is 12.1 Å². The van der Waals surface area contributed by atoms with Crippen LogP contribution in [0, 0.1) is 5.82 Å². The lowest BCUT2D eigenvalue weighted by atomic mass is 10.1. The molecular weight excluding hydrogens is 323 g/mol. The van der Waals surface area contributed by atoms with Crippen molar-refractivity contribution in [3.05, 3.63) is 52.0 Å². The van der Waals surface area contributed by atoms with E-state index in [-0.39, 0.29) is 23.5 Å². The van der Waals surface area contributed by atoms with Crippen LogP contribution in [0.25, 0.3) is 0 Å². The summed E-state index contributed by atoms with van der Waals surface area (Å²) < 4.78 is 15.9. The number of carbonyl (C=O) groups excluding carboxylic acids is 1. The first-order chi connectivity index (χ1) is 12.0. The molecule has 0 radical (unpaired) electrons. The number of carbonyl (C=O) groups is 1. The average Bonchev–Trinajstić information content (AvgIpc) is 2.74. The summed E-state index contributed by atoms with van der Waals surface area (Å²) in [5.41, 5.74) is 0.936. The van der Waals surface area contributed by atoms with E-state index in [1.807, 2.05) is 0 Å². The summed E-state index contributed by atoms with van der Waals surface area (Å²) in [6.45, 7) is 0.586. The molecule has 7 heteroatoms. The number of aromatic nitrogens is 3. The summed E-state index contributed by atoms with van der Waals surface area (Å²) in [6, 6.07) is 6.45. The zero-order valence-corrected chi connectivity index (χ0v) is 14.4. The summed E-state index contributed by atoms with van der Waals surface area (Å²) in [4.78, 5) is 24.1. The maximum Gasteiger partial charge on any atom is 0.345 e. The first kappa shape index (κ1) is 17.4. The molecule has 0 fully saturated rings. The van der Waals surface area contributed by atoms with Gasteiger partial charge in [0.1, 0.15) is 11.6 Å². The third kappa shape index (κ3) is 4.35. The topological polar surface area (TPSA) is 68.9 Å². The molecule has 0 aliphatic carbocycles. The normalized spacial score (nSPS) is 17.0. The van der Waals surface area contributed by atoms with Crippen molar-refractivity contribution in [2.45, 2.75) is 51.1 Å². The number of halogens is 1. The Hall–Kier alpha value is -2.44. The van der Waals surface area contributed by atoms with Gasteiger partial charge in [0, 0.05) is 32.5 Å². The minimum Gasteiger partial charge on any atom is -0.353 e.